The number of azo groups is 1. The van der Waals surface area contributed by atoms with Gasteiger partial charge in [-0.05, 0) is 24.3 Å². The molecule has 9 nitrogen and oxygen atoms in total. The van der Waals surface area contributed by atoms with Crippen LogP contribution in [-0.4, -0.2) is 17.9 Å². The smallest absolute Gasteiger partial charge is 0.744 e. The molecule has 3 aromatic rings. The fraction of sp³-hybridized carbons (Fsp3) is 0. The third-order valence-electron chi connectivity index (χ3n) is 3.64. The van der Waals surface area contributed by atoms with Gasteiger partial charge in [-0.2, -0.15) is 5.11 Å². The Bertz CT molecular complexity index is 1150. The number of hydrogen-bond acceptors (Lipinski definition) is 8. The molecule has 0 aliphatic heterocycles. The maximum absolute atomic E-state index is 11.3. The minimum absolute atomic E-state index is 0. The van der Waals surface area contributed by atoms with Gasteiger partial charge in [0.2, 0.25) is 0 Å². The first-order valence-corrected chi connectivity index (χ1v) is 8.61. The van der Waals surface area contributed by atoms with Gasteiger partial charge in [0.05, 0.1) is 21.2 Å². The van der Waals surface area contributed by atoms with Crippen molar-refractivity contribution in [2.45, 2.75) is 4.90 Å². The molecule has 0 amide bonds. The molecule has 0 spiro atoms. The predicted molar refractivity (Wildman–Crippen MR) is 93.6 cm³/mol. The van der Waals surface area contributed by atoms with E-state index in [0.717, 1.165) is 0 Å². The summed E-state index contributed by atoms with van der Waals surface area (Å²) in [6.07, 6.45) is 0. The number of nitro benzene ring substituents is 1. The molecule has 11 heteroatoms. The number of benzene rings is 3. The van der Waals surface area contributed by atoms with Crippen LogP contribution in [0, 0.1) is 10.1 Å². The van der Waals surface area contributed by atoms with Crippen LogP contribution in [0.15, 0.2) is 69.7 Å². The molecule has 132 valence electrons. The van der Waals surface area contributed by atoms with Crippen molar-refractivity contribution in [3.63, 3.8) is 0 Å². The van der Waals surface area contributed by atoms with E-state index in [0.29, 0.717) is 11.1 Å². The molecule has 0 radical (unpaired) electrons. The number of fused-ring (bicyclic) bond motifs is 1. The van der Waals surface area contributed by atoms with Gasteiger partial charge in [0.1, 0.15) is 15.8 Å². The van der Waals surface area contributed by atoms with E-state index in [-0.39, 0.29) is 56.9 Å². The van der Waals surface area contributed by atoms with Crippen LogP contribution in [0.1, 0.15) is 0 Å². The molecule has 0 saturated heterocycles. The molecule has 27 heavy (non-hydrogen) atoms. The van der Waals surface area contributed by atoms with Crippen LogP contribution in [-0.2, 0) is 10.1 Å². The second-order valence-corrected chi connectivity index (χ2v) is 6.63. The summed E-state index contributed by atoms with van der Waals surface area (Å²) in [7, 11) is -4.64. The zero-order valence-corrected chi connectivity index (χ0v) is 16.9. The van der Waals surface area contributed by atoms with Crippen molar-refractivity contribution >= 4 is 43.6 Å². The zero-order chi connectivity index (χ0) is 18.9. The summed E-state index contributed by atoms with van der Waals surface area (Å²) in [5.74, 6) is 0. The van der Waals surface area contributed by atoms with Crippen LogP contribution in [0.3, 0.4) is 0 Å². The molecule has 0 aromatic heterocycles. The number of nitrogens with zero attached hydrogens (tertiary/aromatic N) is 3. The number of hydrogen-bond donors (Lipinski definition) is 1. The Hall–Kier alpha value is -2.37. The third-order valence-corrected chi connectivity index (χ3v) is 4.54. The molecular weight excluding hydrogens is 383 g/mol. The van der Waals surface area contributed by atoms with Gasteiger partial charge in [-0.1, -0.05) is 18.2 Å². The third kappa shape index (κ3) is 4.49. The van der Waals surface area contributed by atoms with Crippen LogP contribution in [0.25, 0.3) is 10.8 Å². The number of non-ortho nitro benzene ring substituents is 1. The number of nitro groups is 1. The van der Waals surface area contributed by atoms with Gasteiger partial charge < -0.3 is 10.3 Å². The van der Waals surface area contributed by atoms with E-state index in [4.69, 9.17) is 5.73 Å². The molecule has 2 N–H and O–H groups in total. The molecule has 3 rings (SSSR count). The van der Waals surface area contributed by atoms with Crippen molar-refractivity contribution in [2.24, 2.45) is 10.2 Å². The van der Waals surface area contributed by atoms with Crippen LogP contribution < -0.4 is 35.3 Å². The second kappa shape index (κ2) is 8.11. The number of nitrogen functional groups attached to an aromatic ring is 1. The largest absolute Gasteiger partial charge is 1.00 e. The molecule has 0 saturated carbocycles. The average Bonchev–Trinajstić information content (AvgIpc) is 2.60. The van der Waals surface area contributed by atoms with Crippen molar-refractivity contribution in [3.05, 3.63) is 64.7 Å². The monoisotopic (exact) mass is 394 g/mol. The van der Waals surface area contributed by atoms with Crippen molar-refractivity contribution in [3.8, 4) is 0 Å². The Morgan fingerprint density at radius 2 is 1.59 bits per heavy atom. The number of anilines is 1. The average molecular weight is 394 g/mol. The molecule has 0 aliphatic rings. The summed E-state index contributed by atoms with van der Waals surface area (Å²) in [5, 5.41) is 19.1. The summed E-state index contributed by atoms with van der Waals surface area (Å²) in [6, 6.07) is 12.5. The first kappa shape index (κ1) is 20.9. The van der Waals surface area contributed by atoms with E-state index in [1.54, 1.807) is 6.07 Å². The van der Waals surface area contributed by atoms with Gasteiger partial charge >= 0.3 is 29.6 Å². The van der Waals surface area contributed by atoms with Crippen molar-refractivity contribution in [1.29, 1.82) is 0 Å². The number of rotatable bonds is 4. The van der Waals surface area contributed by atoms with Gasteiger partial charge in [-0.3, -0.25) is 10.1 Å². The first-order valence-electron chi connectivity index (χ1n) is 7.20. The quantitative estimate of drug-likeness (QED) is 0.171. The Labute approximate surface area is 176 Å². The second-order valence-electron chi connectivity index (χ2n) is 5.28. The topological polar surface area (TPSA) is 151 Å². The van der Waals surface area contributed by atoms with Crippen LogP contribution in [0.2, 0.25) is 0 Å². The van der Waals surface area contributed by atoms with E-state index in [2.05, 4.69) is 10.2 Å². The number of nitrogens with two attached hydrogens (primary N) is 1. The summed E-state index contributed by atoms with van der Waals surface area (Å²) in [6.45, 7) is 0. The first-order chi connectivity index (χ1) is 12.3. The van der Waals surface area contributed by atoms with Gasteiger partial charge in [-0.15, -0.1) is 5.11 Å². The standard InChI is InChI=1S/C16H12N4O5S.Na/c17-16-13-2-1-3-15(26(23,24)25)12(13)8-9-14(16)19-18-10-4-6-11(7-5-10)20(21)22;/h1-9H,17H2,(H,23,24,25);/q;+1/p-1. The summed E-state index contributed by atoms with van der Waals surface area (Å²) in [5.41, 5.74) is 6.77. The van der Waals surface area contributed by atoms with Crippen LogP contribution >= 0.6 is 0 Å². The maximum atomic E-state index is 11.3. The Balaban J connectivity index is 0.00000261. The van der Waals surface area contributed by atoms with Crippen molar-refractivity contribution in [2.75, 3.05) is 5.73 Å². The molecule has 0 fully saturated rings. The summed E-state index contributed by atoms with van der Waals surface area (Å²) < 4.78 is 34.0. The van der Waals surface area contributed by atoms with Crippen molar-refractivity contribution in [1.82, 2.24) is 0 Å². The van der Waals surface area contributed by atoms with Gasteiger partial charge in [0.15, 0.2) is 0 Å². The van der Waals surface area contributed by atoms with E-state index < -0.39 is 15.0 Å². The molecule has 0 bridgehead atoms. The van der Waals surface area contributed by atoms with Gasteiger partial charge in [0, 0.05) is 22.9 Å². The fourth-order valence-electron chi connectivity index (χ4n) is 2.40. The van der Waals surface area contributed by atoms with E-state index >= 15 is 0 Å². The molecule has 3 aromatic carbocycles. The van der Waals surface area contributed by atoms with Gasteiger partial charge in [0.25, 0.3) is 5.69 Å². The Morgan fingerprint density at radius 3 is 2.19 bits per heavy atom. The SMILES string of the molecule is Nc1c(N=Nc2ccc([N+](=O)[O-])cc2)ccc2c(S(=O)(=O)[O-])cccc12.[Na+]. The normalized spacial score (nSPS) is 11.4. The van der Waals surface area contributed by atoms with E-state index in [1.165, 1.54) is 48.5 Å². The van der Waals surface area contributed by atoms with Crippen molar-refractivity contribution < 1.29 is 47.5 Å². The van der Waals surface area contributed by atoms with Crippen LogP contribution in [0.4, 0.5) is 22.7 Å². The van der Waals surface area contributed by atoms with Gasteiger partial charge in [-0.25, -0.2) is 8.42 Å². The Kier molecular flexibility index (Phi) is 6.29. The molecule has 0 heterocycles. The zero-order valence-electron chi connectivity index (χ0n) is 14.1. The molecule has 0 aliphatic carbocycles. The molecule has 0 unspecified atom stereocenters. The molecular formula is C16H11N4NaO5S. The molecule has 0 atom stereocenters. The fourth-order valence-corrected chi connectivity index (χ4v) is 3.09. The minimum Gasteiger partial charge on any atom is -0.744 e. The van der Waals surface area contributed by atoms with E-state index in [9.17, 15) is 23.1 Å². The minimum atomic E-state index is -4.64. The van der Waals surface area contributed by atoms with E-state index in [1.807, 2.05) is 0 Å². The summed E-state index contributed by atoms with van der Waals surface area (Å²) >= 11 is 0. The maximum Gasteiger partial charge on any atom is 1.00 e. The Morgan fingerprint density at radius 1 is 0.926 bits per heavy atom. The predicted octanol–water partition coefficient (Wildman–Crippen LogP) is 0.654. The summed E-state index contributed by atoms with van der Waals surface area (Å²) in [4.78, 5) is 9.74. The van der Waals surface area contributed by atoms with Crippen LogP contribution in [0.5, 0.6) is 0 Å².